The van der Waals surface area contributed by atoms with Crippen molar-refractivity contribution in [2.75, 3.05) is 39.8 Å². The summed E-state index contributed by atoms with van der Waals surface area (Å²) >= 11 is 0. The molecule has 0 bridgehead atoms. The van der Waals surface area contributed by atoms with Gasteiger partial charge in [-0.3, -0.25) is 9.69 Å². The molecule has 1 aliphatic heterocycles. The van der Waals surface area contributed by atoms with Crippen LogP contribution in [0.3, 0.4) is 0 Å². The number of nitrogens with zero attached hydrogens (tertiary/aromatic N) is 2. The van der Waals surface area contributed by atoms with Crippen LogP contribution in [-0.4, -0.2) is 55.5 Å². The molecule has 4 heteroatoms. The highest BCUT2D eigenvalue weighted by molar-refractivity contribution is 5.78. The van der Waals surface area contributed by atoms with Gasteiger partial charge in [0.05, 0.1) is 12.6 Å². The molecule has 1 unspecified atom stereocenters. The summed E-state index contributed by atoms with van der Waals surface area (Å²) in [5, 5.41) is 3.23. The SMILES string of the molecule is CC(C)CC(NC(=O)CN1CCN(C)CC1)c1ccccc1. The molecule has 0 aromatic heterocycles. The first-order valence-electron chi connectivity index (χ1n) is 8.30. The average Bonchev–Trinajstić information content (AvgIpc) is 2.49. The van der Waals surface area contributed by atoms with Crippen LogP contribution in [0.15, 0.2) is 30.3 Å². The van der Waals surface area contributed by atoms with Crippen molar-refractivity contribution in [1.82, 2.24) is 15.1 Å². The Morgan fingerprint density at radius 1 is 1.14 bits per heavy atom. The van der Waals surface area contributed by atoms with Crippen LogP contribution in [0, 0.1) is 5.92 Å². The molecule has 1 aliphatic rings. The van der Waals surface area contributed by atoms with Gasteiger partial charge < -0.3 is 10.2 Å². The van der Waals surface area contributed by atoms with Gasteiger partial charge in [0.1, 0.15) is 0 Å². The average molecular weight is 303 g/mol. The van der Waals surface area contributed by atoms with Gasteiger partial charge in [0.2, 0.25) is 5.91 Å². The zero-order valence-electron chi connectivity index (χ0n) is 14.1. The third-order valence-corrected chi connectivity index (χ3v) is 4.21. The Labute approximate surface area is 134 Å². The number of benzene rings is 1. The highest BCUT2D eigenvalue weighted by Crippen LogP contribution is 2.21. The van der Waals surface area contributed by atoms with E-state index >= 15 is 0 Å². The van der Waals surface area contributed by atoms with Crippen molar-refractivity contribution < 1.29 is 4.79 Å². The molecule has 1 heterocycles. The second-order valence-electron chi connectivity index (χ2n) is 6.74. The number of carbonyl (C=O) groups is 1. The second kappa shape index (κ2) is 8.30. The largest absolute Gasteiger partial charge is 0.348 e. The van der Waals surface area contributed by atoms with Crippen LogP contribution in [0.25, 0.3) is 0 Å². The Morgan fingerprint density at radius 3 is 2.36 bits per heavy atom. The molecule has 1 atom stereocenters. The summed E-state index contributed by atoms with van der Waals surface area (Å²) in [6.07, 6.45) is 0.971. The van der Waals surface area contributed by atoms with Gasteiger partial charge in [-0.2, -0.15) is 0 Å². The van der Waals surface area contributed by atoms with Crippen molar-refractivity contribution >= 4 is 5.91 Å². The van der Waals surface area contributed by atoms with E-state index in [1.165, 1.54) is 5.56 Å². The first kappa shape index (κ1) is 17.0. The quantitative estimate of drug-likeness (QED) is 0.874. The lowest BCUT2D eigenvalue weighted by molar-refractivity contribution is -0.123. The summed E-state index contributed by atoms with van der Waals surface area (Å²) in [4.78, 5) is 16.9. The van der Waals surface area contributed by atoms with Crippen molar-refractivity contribution in [3.05, 3.63) is 35.9 Å². The van der Waals surface area contributed by atoms with Gasteiger partial charge >= 0.3 is 0 Å². The molecule has 0 radical (unpaired) electrons. The van der Waals surface area contributed by atoms with Crippen molar-refractivity contribution in [2.24, 2.45) is 5.92 Å². The Bertz CT molecular complexity index is 453. The summed E-state index contributed by atoms with van der Waals surface area (Å²) in [7, 11) is 2.13. The Morgan fingerprint density at radius 2 is 1.77 bits per heavy atom. The number of hydrogen-bond donors (Lipinski definition) is 1. The lowest BCUT2D eigenvalue weighted by atomic mass is 9.97. The van der Waals surface area contributed by atoms with E-state index in [1.807, 2.05) is 18.2 Å². The third kappa shape index (κ3) is 5.43. The summed E-state index contributed by atoms with van der Waals surface area (Å²) in [5.41, 5.74) is 1.20. The molecule has 1 N–H and O–H groups in total. The van der Waals surface area contributed by atoms with Crippen molar-refractivity contribution in [3.63, 3.8) is 0 Å². The predicted molar refractivity (Wildman–Crippen MR) is 90.7 cm³/mol. The van der Waals surface area contributed by atoms with Crippen LogP contribution in [0.4, 0.5) is 0 Å². The maximum absolute atomic E-state index is 12.4. The lowest BCUT2D eigenvalue weighted by Gasteiger charge is -2.32. The molecule has 1 fully saturated rings. The topological polar surface area (TPSA) is 35.6 Å². The van der Waals surface area contributed by atoms with Crippen molar-refractivity contribution in [3.8, 4) is 0 Å². The fraction of sp³-hybridized carbons (Fsp3) is 0.611. The summed E-state index contributed by atoms with van der Waals surface area (Å²) < 4.78 is 0. The Hall–Kier alpha value is -1.39. The van der Waals surface area contributed by atoms with Gasteiger partial charge in [0, 0.05) is 26.2 Å². The van der Waals surface area contributed by atoms with Crippen LogP contribution >= 0.6 is 0 Å². The molecule has 1 amide bonds. The molecule has 0 spiro atoms. The summed E-state index contributed by atoms with van der Waals surface area (Å²) in [5.74, 6) is 0.688. The maximum atomic E-state index is 12.4. The van der Waals surface area contributed by atoms with Crippen LogP contribution in [-0.2, 0) is 4.79 Å². The molecule has 22 heavy (non-hydrogen) atoms. The zero-order chi connectivity index (χ0) is 15.9. The lowest BCUT2D eigenvalue weighted by Crippen LogP contribution is -2.48. The first-order chi connectivity index (χ1) is 10.5. The molecule has 1 saturated heterocycles. The number of likely N-dealkylation sites (N-methyl/N-ethyl adjacent to an activating group) is 1. The Balaban J connectivity index is 1.90. The molecule has 0 saturated carbocycles. The molecule has 1 aromatic carbocycles. The summed E-state index contributed by atoms with van der Waals surface area (Å²) in [6.45, 7) is 8.94. The molecular weight excluding hydrogens is 274 g/mol. The molecule has 0 aliphatic carbocycles. The van der Waals surface area contributed by atoms with Crippen molar-refractivity contribution in [2.45, 2.75) is 26.3 Å². The van der Waals surface area contributed by atoms with Gasteiger partial charge in [-0.25, -0.2) is 0 Å². The number of amides is 1. The van der Waals surface area contributed by atoms with E-state index in [2.05, 4.69) is 48.1 Å². The molecule has 1 aromatic rings. The number of hydrogen-bond acceptors (Lipinski definition) is 3. The van der Waals surface area contributed by atoms with Crippen LogP contribution in [0.2, 0.25) is 0 Å². The zero-order valence-corrected chi connectivity index (χ0v) is 14.1. The van der Waals surface area contributed by atoms with Gasteiger partial charge in [-0.1, -0.05) is 44.2 Å². The van der Waals surface area contributed by atoms with Gasteiger partial charge in [0.25, 0.3) is 0 Å². The standard InChI is InChI=1S/C18H29N3O/c1-15(2)13-17(16-7-5-4-6-8-16)19-18(22)14-21-11-9-20(3)10-12-21/h4-8,15,17H,9-14H2,1-3H3,(H,19,22). The number of carbonyl (C=O) groups excluding carboxylic acids is 1. The van der Waals surface area contributed by atoms with E-state index in [4.69, 9.17) is 0 Å². The number of nitrogens with one attached hydrogen (secondary N) is 1. The highest BCUT2D eigenvalue weighted by Gasteiger charge is 2.20. The normalized spacial score (nSPS) is 18.4. The monoisotopic (exact) mass is 303 g/mol. The van der Waals surface area contributed by atoms with Crippen molar-refractivity contribution in [1.29, 1.82) is 0 Å². The molecular formula is C18H29N3O. The van der Waals surface area contributed by atoms with E-state index in [0.717, 1.165) is 32.6 Å². The molecule has 4 nitrogen and oxygen atoms in total. The van der Waals surface area contributed by atoms with E-state index in [0.29, 0.717) is 12.5 Å². The highest BCUT2D eigenvalue weighted by atomic mass is 16.2. The minimum Gasteiger partial charge on any atom is -0.348 e. The Kier molecular flexibility index (Phi) is 6.40. The van der Waals surface area contributed by atoms with Gasteiger partial charge in [0.15, 0.2) is 0 Å². The van der Waals surface area contributed by atoms with Crippen LogP contribution < -0.4 is 5.32 Å². The van der Waals surface area contributed by atoms with E-state index in [9.17, 15) is 4.79 Å². The van der Waals surface area contributed by atoms with Gasteiger partial charge in [-0.05, 0) is 24.9 Å². The fourth-order valence-electron chi connectivity index (χ4n) is 2.88. The van der Waals surface area contributed by atoms with E-state index in [-0.39, 0.29) is 11.9 Å². The number of piperazine rings is 1. The molecule has 122 valence electrons. The fourth-order valence-corrected chi connectivity index (χ4v) is 2.88. The maximum Gasteiger partial charge on any atom is 0.234 e. The first-order valence-corrected chi connectivity index (χ1v) is 8.30. The number of rotatable bonds is 6. The second-order valence-corrected chi connectivity index (χ2v) is 6.74. The van der Waals surface area contributed by atoms with Gasteiger partial charge in [-0.15, -0.1) is 0 Å². The van der Waals surface area contributed by atoms with Crippen LogP contribution in [0.5, 0.6) is 0 Å². The predicted octanol–water partition coefficient (Wildman–Crippen LogP) is 2.14. The minimum atomic E-state index is 0.112. The summed E-state index contributed by atoms with van der Waals surface area (Å²) in [6, 6.07) is 10.4. The van der Waals surface area contributed by atoms with Crippen LogP contribution in [0.1, 0.15) is 31.9 Å². The molecule has 2 rings (SSSR count). The van der Waals surface area contributed by atoms with E-state index in [1.54, 1.807) is 0 Å². The van der Waals surface area contributed by atoms with E-state index < -0.39 is 0 Å². The smallest absolute Gasteiger partial charge is 0.234 e. The third-order valence-electron chi connectivity index (χ3n) is 4.21. The minimum absolute atomic E-state index is 0.112.